The molecule has 0 aliphatic heterocycles. The first-order valence-corrected chi connectivity index (χ1v) is 6.74. The van der Waals surface area contributed by atoms with E-state index in [1.165, 1.54) is 10.5 Å². The van der Waals surface area contributed by atoms with Gasteiger partial charge in [-0.2, -0.15) is 0 Å². The molecule has 0 saturated carbocycles. The van der Waals surface area contributed by atoms with Gasteiger partial charge < -0.3 is 4.74 Å². The minimum atomic E-state index is -0.349. The van der Waals surface area contributed by atoms with Crippen LogP contribution in [-0.2, 0) is 17.8 Å². The Morgan fingerprint density at radius 2 is 1.65 bits per heavy atom. The zero-order chi connectivity index (χ0) is 14.4. The number of nitrogens with zero attached hydrogens (tertiary/aromatic N) is 1. The summed E-state index contributed by atoms with van der Waals surface area (Å²) in [6.45, 7) is 2.39. The van der Waals surface area contributed by atoms with Gasteiger partial charge in [0.15, 0.2) is 0 Å². The average molecular weight is 269 g/mol. The van der Waals surface area contributed by atoms with Gasteiger partial charge in [0.25, 0.3) is 0 Å². The third-order valence-corrected chi connectivity index (χ3v) is 3.21. The van der Waals surface area contributed by atoms with Crippen LogP contribution in [0.1, 0.15) is 18.1 Å². The van der Waals surface area contributed by atoms with Crippen molar-refractivity contribution in [2.75, 3.05) is 11.9 Å². The number of rotatable bonds is 4. The standard InChI is InChI=1S/C17H19NO2/c1-3-14-9-11-16(12-10-14)18(2)17(19)20-13-15-7-5-4-6-8-15/h4-12H,3,13H2,1-2H3. The molecule has 0 N–H and O–H groups in total. The normalized spacial score (nSPS) is 10.1. The Hall–Kier alpha value is -2.29. The molecule has 0 bridgehead atoms. The second kappa shape index (κ2) is 6.75. The first kappa shape index (κ1) is 14.1. The third-order valence-electron chi connectivity index (χ3n) is 3.21. The molecule has 2 rings (SSSR count). The fraction of sp³-hybridized carbons (Fsp3) is 0.235. The first-order chi connectivity index (χ1) is 9.70. The summed E-state index contributed by atoms with van der Waals surface area (Å²) in [5.74, 6) is 0. The van der Waals surface area contributed by atoms with Gasteiger partial charge in [-0.25, -0.2) is 4.79 Å². The Labute approximate surface area is 119 Å². The fourth-order valence-corrected chi connectivity index (χ4v) is 1.88. The van der Waals surface area contributed by atoms with Crippen molar-refractivity contribution in [3.8, 4) is 0 Å². The van der Waals surface area contributed by atoms with E-state index in [-0.39, 0.29) is 12.7 Å². The van der Waals surface area contributed by atoms with Gasteiger partial charge in [0.05, 0.1) is 0 Å². The number of anilines is 1. The molecule has 0 heterocycles. The lowest BCUT2D eigenvalue weighted by Gasteiger charge is -2.17. The average Bonchev–Trinajstić information content (AvgIpc) is 2.53. The lowest BCUT2D eigenvalue weighted by Crippen LogP contribution is -2.26. The van der Waals surface area contributed by atoms with Crippen molar-refractivity contribution in [3.05, 3.63) is 65.7 Å². The summed E-state index contributed by atoms with van der Waals surface area (Å²) in [5, 5.41) is 0. The van der Waals surface area contributed by atoms with Crippen molar-refractivity contribution in [1.29, 1.82) is 0 Å². The van der Waals surface area contributed by atoms with Crippen LogP contribution in [0.4, 0.5) is 10.5 Å². The maximum Gasteiger partial charge on any atom is 0.414 e. The van der Waals surface area contributed by atoms with E-state index in [2.05, 4.69) is 6.92 Å². The van der Waals surface area contributed by atoms with Crippen molar-refractivity contribution in [2.45, 2.75) is 20.0 Å². The number of carbonyl (C=O) groups excluding carboxylic acids is 1. The molecule has 0 aliphatic carbocycles. The van der Waals surface area contributed by atoms with Crippen molar-refractivity contribution in [1.82, 2.24) is 0 Å². The van der Waals surface area contributed by atoms with Crippen LogP contribution >= 0.6 is 0 Å². The van der Waals surface area contributed by atoms with Crippen molar-refractivity contribution in [2.24, 2.45) is 0 Å². The zero-order valence-corrected chi connectivity index (χ0v) is 11.9. The molecule has 2 aromatic rings. The first-order valence-electron chi connectivity index (χ1n) is 6.74. The maximum atomic E-state index is 12.0. The quantitative estimate of drug-likeness (QED) is 0.839. The number of hydrogen-bond donors (Lipinski definition) is 0. The molecule has 0 saturated heterocycles. The van der Waals surface area contributed by atoms with Crippen LogP contribution in [0.15, 0.2) is 54.6 Å². The fourth-order valence-electron chi connectivity index (χ4n) is 1.88. The molecule has 0 aliphatic rings. The number of hydrogen-bond acceptors (Lipinski definition) is 2. The van der Waals surface area contributed by atoms with E-state index >= 15 is 0 Å². The molecular weight excluding hydrogens is 250 g/mol. The number of amides is 1. The van der Waals surface area contributed by atoms with Gasteiger partial charge >= 0.3 is 6.09 Å². The third kappa shape index (κ3) is 3.60. The van der Waals surface area contributed by atoms with Crippen LogP contribution in [0.3, 0.4) is 0 Å². The minimum absolute atomic E-state index is 0.289. The topological polar surface area (TPSA) is 29.5 Å². The number of aryl methyl sites for hydroxylation is 1. The molecule has 0 fully saturated rings. The highest BCUT2D eigenvalue weighted by Crippen LogP contribution is 2.15. The van der Waals surface area contributed by atoms with Gasteiger partial charge in [-0.05, 0) is 29.7 Å². The molecule has 0 spiro atoms. The molecule has 20 heavy (non-hydrogen) atoms. The summed E-state index contributed by atoms with van der Waals surface area (Å²) in [6, 6.07) is 17.6. The van der Waals surface area contributed by atoms with Gasteiger partial charge in [0, 0.05) is 12.7 Å². The summed E-state index contributed by atoms with van der Waals surface area (Å²) in [6.07, 6.45) is 0.640. The molecule has 0 atom stereocenters. The van der Waals surface area contributed by atoms with Gasteiger partial charge in [0.1, 0.15) is 6.61 Å². The lowest BCUT2D eigenvalue weighted by molar-refractivity contribution is 0.148. The monoisotopic (exact) mass is 269 g/mol. The Morgan fingerprint density at radius 3 is 2.25 bits per heavy atom. The highest BCUT2D eigenvalue weighted by Gasteiger charge is 2.12. The zero-order valence-electron chi connectivity index (χ0n) is 11.9. The SMILES string of the molecule is CCc1ccc(N(C)C(=O)OCc2ccccc2)cc1. The number of ether oxygens (including phenoxy) is 1. The van der Waals surface area contributed by atoms with Crippen LogP contribution in [0, 0.1) is 0 Å². The Kier molecular flexibility index (Phi) is 4.77. The van der Waals surface area contributed by atoms with Crippen LogP contribution in [-0.4, -0.2) is 13.1 Å². The molecule has 2 aromatic carbocycles. The van der Waals surface area contributed by atoms with E-state index < -0.39 is 0 Å². The summed E-state index contributed by atoms with van der Waals surface area (Å²) in [5.41, 5.74) is 3.07. The van der Waals surface area contributed by atoms with Crippen molar-refractivity contribution < 1.29 is 9.53 Å². The van der Waals surface area contributed by atoms with E-state index in [4.69, 9.17) is 4.74 Å². The van der Waals surface area contributed by atoms with E-state index in [0.717, 1.165) is 17.7 Å². The van der Waals surface area contributed by atoms with Gasteiger partial charge in [-0.3, -0.25) is 4.90 Å². The van der Waals surface area contributed by atoms with Crippen LogP contribution in [0.25, 0.3) is 0 Å². The Bertz CT molecular complexity index is 549. The van der Waals surface area contributed by atoms with Crippen LogP contribution in [0.2, 0.25) is 0 Å². The van der Waals surface area contributed by atoms with E-state index in [0.29, 0.717) is 0 Å². The van der Waals surface area contributed by atoms with Crippen molar-refractivity contribution >= 4 is 11.8 Å². The second-order valence-corrected chi connectivity index (χ2v) is 4.62. The largest absolute Gasteiger partial charge is 0.444 e. The van der Waals surface area contributed by atoms with Crippen molar-refractivity contribution in [3.63, 3.8) is 0 Å². The summed E-state index contributed by atoms with van der Waals surface area (Å²) in [7, 11) is 1.72. The van der Waals surface area contributed by atoms with E-state index in [1.54, 1.807) is 7.05 Å². The minimum Gasteiger partial charge on any atom is -0.444 e. The van der Waals surface area contributed by atoms with Gasteiger partial charge in [-0.1, -0.05) is 49.4 Å². The summed E-state index contributed by atoms with van der Waals surface area (Å²) >= 11 is 0. The predicted molar refractivity (Wildman–Crippen MR) is 80.9 cm³/mol. The predicted octanol–water partition coefficient (Wildman–Crippen LogP) is 4.02. The molecule has 104 valence electrons. The molecule has 0 aromatic heterocycles. The summed E-state index contributed by atoms with van der Waals surface area (Å²) < 4.78 is 5.29. The van der Waals surface area contributed by atoms with Gasteiger partial charge in [0.2, 0.25) is 0 Å². The second-order valence-electron chi connectivity index (χ2n) is 4.62. The van der Waals surface area contributed by atoms with E-state index in [9.17, 15) is 4.79 Å². The van der Waals surface area contributed by atoms with Gasteiger partial charge in [-0.15, -0.1) is 0 Å². The molecule has 1 amide bonds. The highest BCUT2D eigenvalue weighted by molar-refractivity contribution is 5.86. The highest BCUT2D eigenvalue weighted by atomic mass is 16.6. The van der Waals surface area contributed by atoms with Crippen LogP contribution in [0.5, 0.6) is 0 Å². The Balaban J connectivity index is 1.94. The summed E-state index contributed by atoms with van der Waals surface area (Å²) in [4.78, 5) is 13.5. The smallest absolute Gasteiger partial charge is 0.414 e. The number of carbonyl (C=O) groups is 1. The lowest BCUT2D eigenvalue weighted by atomic mass is 10.1. The molecule has 0 radical (unpaired) electrons. The molecule has 0 unspecified atom stereocenters. The maximum absolute atomic E-state index is 12.0. The molecule has 3 nitrogen and oxygen atoms in total. The molecular formula is C17H19NO2. The number of benzene rings is 2. The Morgan fingerprint density at radius 1 is 1.00 bits per heavy atom. The van der Waals surface area contributed by atoms with E-state index in [1.807, 2.05) is 54.6 Å². The molecule has 3 heteroatoms. The van der Waals surface area contributed by atoms with Crippen LogP contribution < -0.4 is 4.90 Å².